The van der Waals surface area contributed by atoms with E-state index >= 15 is 0 Å². The number of hydrogen-bond donors (Lipinski definition) is 1. The van der Waals surface area contributed by atoms with Crippen LogP contribution in [0.15, 0.2) is 54.6 Å². The van der Waals surface area contributed by atoms with Gasteiger partial charge >= 0.3 is 0 Å². The van der Waals surface area contributed by atoms with E-state index in [1.165, 1.54) is 0 Å². The van der Waals surface area contributed by atoms with Gasteiger partial charge in [0, 0.05) is 25.0 Å². The number of halogens is 1. The van der Waals surface area contributed by atoms with Gasteiger partial charge in [-0.05, 0) is 36.5 Å². The quantitative estimate of drug-likeness (QED) is 0.711. The van der Waals surface area contributed by atoms with Gasteiger partial charge in [-0.25, -0.2) is 0 Å². The van der Waals surface area contributed by atoms with Crippen molar-refractivity contribution in [3.63, 3.8) is 0 Å². The zero-order valence-corrected chi connectivity index (χ0v) is 16.7. The molecule has 0 bridgehead atoms. The molecule has 144 valence electrons. The molecule has 0 saturated carbocycles. The number of rotatable bonds is 9. The van der Waals surface area contributed by atoms with Crippen LogP contribution in [0.4, 0.5) is 0 Å². The van der Waals surface area contributed by atoms with E-state index < -0.39 is 6.04 Å². The Labute approximate surface area is 166 Å². The molecule has 0 aliphatic heterocycles. The second-order valence-corrected chi connectivity index (χ2v) is 6.86. The lowest BCUT2D eigenvalue weighted by atomic mass is 10.1. The molecule has 0 radical (unpaired) electrons. The van der Waals surface area contributed by atoms with Crippen molar-refractivity contribution in [1.82, 2.24) is 10.2 Å². The summed E-state index contributed by atoms with van der Waals surface area (Å²) in [6.45, 7) is 2.44. The van der Waals surface area contributed by atoms with Crippen molar-refractivity contribution in [3.8, 4) is 0 Å². The molecule has 27 heavy (non-hydrogen) atoms. The van der Waals surface area contributed by atoms with E-state index in [1.54, 1.807) is 11.9 Å². The average molecular weight is 387 g/mol. The Hall–Kier alpha value is -2.33. The second kappa shape index (κ2) is 10.7. The summed E-state index contributed by atoms with van der Waals surface area (Å²) in [4.78, 5) is 27.0. The predicted octanol–water partition coefficient (Wildman–Crippen LogP) is 3.87. The predicted molar refractivity (Wildman–Crippen MR) is 110 cm³/mol. The van der Waals surface area contributed by atoms with Gasteiger partial charge in [0.15, 0.2) is 0 Å². The van der Waals surface area contributed by atoms with Crippen LogP contribution in [0.3, 0.4) is 0 Å². The Morgan fingerprint density at radius 1 is 1.04 bits per heavy atom. The number of amides is 2. The van der Waals surface area contributed by atoms with Crippen LogP contribution < -0.4 is 5.32 Å². The summed E-state index contributed by atoms with van der Waals surface area (Å²) >= 11 is 6.20. The second-order valence-electron chi connectivity index (χ2n) is 6.45. The molecule has 0 fully saturated rings. The fourth-order valence-electron chi connectivity index (χ4n) is 3.15. The molecular formula is C22H27ClN2O2. The lowest BCUT2D eigenvalue weighted by molar-refractivity contribution is -0.140. The molecule has 0 saturated heterocycles. The number of likely N-dealkylation sites (N-methyl/N-ethyl adjacent to an activating group) is 1. The fourth-order valence-corrected chi connectivity index (χ4v) is 3.38. The molecule has 4 nitrogen and oxygen atoms in total. The monoisotopic (exact) mass is 386 g/mol. The number of carbonyl (C=O) groups excluding carboxylic acids is 2. The van der Waals surface area contributed by atoms with E-state index in [-0.39, 0.29) is 11.8 Å². The molecule has 1 atom stereocenters. The molecule has 0 heterocycles. The smallest absolute Gasteiger partial charge is 0.242 e. The van der Waals surface area contributed by atoms with Gasteiger partial charge in [-0.3, -0.25) is 9.59 Å². The van der Waals surface area contributed by atoms with Crippen LogP contribution in [0.1, 0.15) is 30.9 Å². The number of nitrogens with zero attached hydrogens (tertiary/aromatic N) is 1. The maximum absolute atomic E-state index is 13.0. The molecule has 0 spiro atoms. The molecule has 2 aromatic carbocycles. The summed E-state index contributed by atoms with van der Waals surface area (Å²) in [5, 5.41) is 3.34. The molecule has 0 aromatic heterocycles. The summed E-state index contributed by atoms with van der Waals surface area (Å²) in [5.74, 6) is -0.155. The van der Waals surface area contributed by atoms with Crippen molar-refractivity contribution in [2.75, 3.05) is 13.6 Å². The normalized spacial score (nSPS) is 11.7. The Kier molecular flexibility index (Phi) is 8.34. The van der Waals surface area contributed by atoms with Crippen molar-refractivity contribution < 1.29 is 9.59 Å². The van der Waals surface area contributed by atoms with E-state index in [1.807, 2.05) is 61.5 Å². The Morgan fingerprint density at radius 2 is 1.70 bits per heavy atom. The summed E-state index contributed by atoms with van der Waals surface area (Å²) in [5.41, 5.74) is 2.09. The van der Waals surface area contributed by atoms with Crippen molar-refractivity contribution in [3.05, 3.63) is 70.7 Å². The number of aryl methyl sites for hydroxylation is 1. The first-order valence-corrected chi connectivity index (χ1v) is 9.73. The van der Waals surface area contributed by atoms with Gasteiger partial charge in [-0.15, -0.1) is 0 Å². The number of carbonyl (C=O) groups is 2. The molecule has 0 unspecified atom stereocenters. The number of hydrogen-bond acceptors (Lipinski definition) is 2. The topological polar surface area (TPSA) is 49.4 Å². The van der Waals surface area contributed by atoms with Gasteiger partial charge in [0.05, 0.1) is 0 Å². The minimum absolute atomic E-state index is 0.0266. The lowest BCUT2D eigenvalue weighted by Crippen LogP contribution is -2.49. The molecule has 0 aliphatic rings. The van der Waals surface area contributed by atoms with Gasteiger partial charge in [0.1, 0.15) is 6.04 Å². The lowest BCUT2D eigenvalue weighted by Gasteiger charge is -2.30. The summed E-state index contributed by atoms with van der Waals surface area (Å²) in [6, 6.07) is 17.1. The van der Waals surface area contributed by atoms with E-state index in [4.69, 9.17) is 11.6 Å². The molecular weight excluding hydrogens is 360 g/mol. The highest BCUT2D eigenvalue weighted by Crippen LogP contribution is 2.18. The highest BCUT2D eigenvalue weighted by molar-refractivity contribution is 6.31. The maximum Gasteiger partial charge on any atom is 0.242 e. The van der Waals surface area contributed by atoms with E-state index in [2.05, 4.69) is 5.32 Å². The molecule has 2 rings (SSSR count). The first kappa shape index (κ1) is 21.0. The molecule has 2 amide bonds. The third-order valence-corrected chi connectivity index (χ3v) is 5.05. The summed E-state index contributed by atoms with van der Waals surface area (Å²) in [7, 11) is 1.61. The van der Waals surface area contributed by atoms with Crippen LogP contribution in [0.25, 0.3) is 0 Å². The zero-order valence-electron chi connectivity index (χ0n) is 16.0. The summed E-state index contributed by atoms with van der Waals surface area (Å²) in [6.07, 6.45) is 2.18. The average Bonchev–Trinajstić information content (AvgIpc) is 2.70. The largest absolute Gasteiger partial charge is 0.357 e. The van der Waals surface area contributed by atoms with E-state index in [9.17, 15) is 9.59 Å². The van der Waals surface area contributed by atoms with Gasteiger partial charge in [0.2, 0.25) is 11.8 Å². The van der Waals surface area contributed by atoms with Crippen molar-refractivity contribution in [1.29, 1.82) is 0 Å². The van der Waals surface area contributed by atoms with Crippen LogP contribution in [0, 0.1) is 0 Å². The first-order valence-electron chi connectivity index (χ1n) is 9.35. The zero-order chi connectivity index (χ0) is 19.6. The molecule has 1 N–H and O–H groups in total. The fraction of sp³-hybridized carbons (Fsp3) is 0.364. The van der Waals surface area contributed by atoms with Crippen molar-refractivity contribution in [2.24, 2.45) is 0 Å². The van der Waals surface area contributed by atoms with Crippen LogP contribution in [-0.2, 0) is 22.4 Å². The van der Waals surface area contributed by atoms with Gasteiger partial charge in [0.25, 0.3) is 0 Å². The minimum Gasteiger partial charge on any atom is -0.357 e. The van der Waals surface area contributed by atoms with Crippen molar-refractivity contribution in [2.45, 2.75) is 38.6 Å². The maximum atomic E-state index is 13.0. The van der Waals surface area contributed by atoms with Crippen LogP contribution in [-0.4, -0.2) is 36.3 Å². The van der Waals surface area contributed by atoms with E-state index in [0.717, 1.165) is 11.1 Å². The Morgan fingerprint density at radius 3 is 2.33 bits per heavy atom. The number of benzene rings is 2. The van der Waals surface area contributed by atoms with Crippen LogP contribution >= 0.6 is 11.6 Å². The number of nitrogens with one attached hydrogen (secondary N) is 1. The SMILES string of the molecule is CC[C@H](C(=O)NC)N(CCc1ccccc1)C(=O)CCc1ccccc1Cl. The van der Waals surface area contributed by atoms with Crippen LogP contribution in [0.5, 0.6) is 0 Å². The Balaban J connectivity index is 2.10. The standard InChI is InChI=1S/C22H27ClN2O2/c1-3-20(22(27)24-2)25(16-15-17-9-5-4-6-10-17)21(26)14-13-18-11-7-8-12-19(18)23/h4-12,20H,3,13-16H2,1-2H3,(H,24,27)/t20-/m1/s1. The first-order chi connectivity index (χ1) is 13.1. The van der Waals surface area contributed by atoms with E-state index in [0.29, 0.717) is 37.3 Å². The molecule has 0 aliphatic carbocycles. The minimum atomic E-state index is -0.461. The van der Waals surface area contributed by atoms with Crippen molar-refractivity contribution >= 4 is 23.4 Å². The third kappa shape index (κ3) is 6.10. The highest BCUT2D eigenvalue weighted by Gasteiger charge is 2.27. The Bertz CT molecular complexity index is 749. The summed E-state index contributed by atoms with van der Waals surface area (Å²) < 4.78 is 0. The van der Waals surface area contributed by atoms with Crippen LogP contribution in [0.2, 0.25) is 5.02 Å². The third-order valence-electron chi connectivity index (χ3n) is 4.68. The van der Waals surface area contributed by atoms with Gasteiger partial charge in [-0.2, -0.15) is 0 Å². The highest BCUT2D eigenvalue weighted by atomic mass is 35.5. The van der Waals surface area contributed by atoms with Gasteiger partial charge < -0.3 is 10.2 Å². The molecule has 2 aromatic rings. The molecule has 5 heteroatoms. The van der Waals surface area contributed by atoms with Gasteiger partial charge in [-0.1, -0.05) is 67.1 Å².